The third kappa shape index (κ3) is 2.55. The largest absolute Gasteiger partial charge is 0.342 e. The minimum Gasteiger partial charge on any atom is -0.342 e. The molecule has 0 aliphatic carbocycles. The quantitative estimate of drug-likeness (QED) is 0.899. The summed E-state index contributed by atoms with van der Waals surface area (Å²) in [5, 5.41) is 11.1. The first-order valence-corrected chi connectivity index (χ1v) is 8.16. The van der Waals surface area contributed by atoms with Gasteiger partial charge in [0.1, 0.15) is 5.82 Å². The minimum atomic E-state index is -0.250. The molecule has 4 rings (SSSR count). The van der Waals surface area contributed by atoms with Gasteiger partial charge in [-0.1, -0.05) is 18.2 Å². The van der Waals surface area contributed by atoms with E-state index in [0.717, 1.165) is 31.0 Å². The van der Waals surface area contributed by atoms with Gasteiger partial charge in [-0.25, -0.2) is 0 Å². The lowest BCUT2D eigenvalue weighted by atomic mass is 9.89. The van der Waals surface area contributed by atoms with Crippen LogP contribution in [0.3, 0.4) is 0 Å². The molecule has 124 valence electrons. The molecule has 1 aromatic heterocycles. The second kappa shape index (κ2) is 5.74. The molecular formula is C17H19N5O2. The van der Waals surface area contributed by atoms with Crippen LogP contribution in [0.2, 0.25) is 0 Å². The fourth-order valence-corrected chi connectivity index (χ4v) is 3.66. The van der Waals surface area contributed by atoms with Gasteiger partial charge < -0.3 is 14.8 Å². The fraction of sp³-hybridized carbons (Fsp3) is 0.412. The van der Waals surface area contributed by atoms with Crippen LogP contribution in [0.15, 0.2) is 30.3 Å². The second-order valence-corrected chi connectivity index (χ2v) is 6.52. The molecule has 2 aromatic rings. The molecule has 0 radical (unpaired) electrons. The standard InChI is InChI=1S/C17H19N5O2/c1-11(23)21-8-12-7-15-19-20-16(22(15)10-13(12)9-21)17(24)18-14-5-3-2-4-6-14/h2-6,12-13H,7-10H2,1H3,(H,18,24)/t12-,13-/m1/s1. The molecule has 2 amide bonds. The smallest absolute Gasteiger partial charge is 0.293 e. The summed E-state index contributed by atoms with van der Waals surface area (Å²) in [6, 6.07) is 9.31. The first-order chi connectivity index (χ1) is 11.6. The fourth-order valence-electron chi connectivity index (χ4n) is 3.66. The zero-order valence-electron chi connectivity index (χ0n) is 13.5. The van der Waals surface area contributed by atoms with E-state index in [0.29, 0.717) is 24.2 Å². The number of carbonyl (C=O) groups excluding carboxylic acids is 2. The Hall–Kier alpha value is -2.70. The van der Waals surface area contributed by atoms with Gasteiger partial charge in [0.15, 0.2) is 0 Å². The number of rotatable bonds is 2. The highest BCUT2D eigenvalue weighted by molar-refractivity contribution is 6.01. The van der Waals surface area contributed by atoms with Gasteiger partial charge in [0.05, 0.1) is 0 Å². The molecule has 1 aromatic carbocycles. The molecule has 0 bridgehead atoms. The molecule has 0 spiro atoms. The highest BCUT2D eigenvalue weighted by Crippen LogP contribution is 2.32. The second-order valence-electron chi connectivity index (χ2n) is 6.52. The Bertz CT molecular complexity index is 786. The van der Waals surface area contributed by atoms with Crippen molar-refractivity contribution in [2.45, 2.75) is 19.9 Å². The summed E-state index contributed by atoms with van der Waals surface area (Å²) in [5.41, 5.74) is 0.733. The van der Waals surface area contributed by atoms with Crippen molar-refractivity contribution in [2.75, 3.05) is 18.4 Å². The number of anilines is 1. The van der Waals surface area contributed by atoms with Crippen molar-refractivity contribution in [2.24, 2.45) is 11.8 Å². The number of para-hydroxylation sites is 1. The number of aromatic nitrogens is 3. The van der Waals surface area contributed by atoms with Gasteiger partial charge in [0.25, 0.3) is 5.91 Å². The molecule has 1 N–H and O–H groups in total. The van der Waals surface area contributed by atoms with Crippen molar-refractivity contribution in [3.05, 3.63) is 42.0 Å². The van der Waals surface area contributed by atoms with Gasteiger partial charge in [-0.2, -0.15) is 0 Å². The lowest BCUT2D eigenvalue weighted by molar-refractivity contribution is -0.128. The molecule has 0 saturated carbocycles. The van der Waals surface area contributed by atoms with E-state index in [1.165, 1.54) is 0 Å². The number of nitrogens with zero attached hydrogens (tertiary/aromatic N) is 4. The maximum Gasteiger partial charge on any atom is 0.293 e. The zero-order chi connectivity index (χ0) is 16.7. The van der Waals surface area contributed by atoms with Crippen LogP contribution in [0.5, 0.6) is 0 Å². The predicted molar refractivity (Wildman–Crippen MR) is 87.4 cm³/mol. The normalized spacial score (nSPS) is 22.0. The lowest BCUT2D eigenvalue weighted by Gasteiger charge is -2.25. The molecule has 2 aliphatic heterocycles. The van der Waals surface area contributed by atoms with E-state index in [-0.39, 0.29) is 11.8 Å². The van der Waals surface area contributed by atoms with Gasteiger partial charge in [0, 0.05) is 38.7 Å². The summed E-state index contributed by atoms with van der Waals surface area (Å²) in [7, 11) is 0. The maximum atomic E-state index is 12.5. The topological polar surface area (TPSA) is 80.1 Å². The van der Waals surface area contributed by atoms with Crippen LogP contribution in [-0.4, -0.2) is 44.6 Å². The summed E-state index contributed by atoms with van der Waals surface area (Å²) in [4.78, 5) is 26.0. The van der Waals surface area contributed by atoms with Gasteiger partial charge in [0.2, 0.25) is 11.7 Å². The van der Waals surface area contributed by atoms with Crippen LogP contribution in [0.25, 0.3) is 0 Å². The molecular weight excluding hydrogens is 306 g/mol. The highest BCUT2D eigenvalue weighted by atomic mass is 16.2. The Labute approximate surface area is 139 Å². The van der Waals surface area contributed by atoms with E-state index in [2.05, 4.69) is 15.5 Å². The number of likely N-dealkylation sites (tertiary alicyclic amines) is 1. The Morgan fingerprint density at radius 2 is 1.83 bits per heavy atom. The molecule has 1 fully saturated rings. The lowest BCUT2D eigenvalue weighted by Crippen LogP contribution is -2.31. The van der Waals surface area contributed by atoms with Crippen LogP contribution in [0.1, 0.15) is 23.4 Å². The van der Waals surface area contributed by atoms with Gasteiger partial charge in [-0.3, -0.25) is 9.59 Å². The van der Waals surface area contributed by atoms with E-state index in [1.54, 1.807) is 6.92 Å². The molecule has 3 heterocycles. The first-order valence-electron chi connectivity index (χ1n) is 8.16. The Morgan fingerprint density at radius 3 is 2.58 bits per heavy atom. The van der Waals surface area contributed by atoms with Crippen molar-refractivity contribution in [3.63, 3.8) is 0 Å². The number of benzene rings is 1. The van der Waals surface area contributed by atoms with Crippen LogP contribution in [0, 0.1) is 11.8 Å². The van der Waals surface area contributed by atoms with Crippen LogP contribution >= 0.6 is 0 Å². The molecule has 2 aliphatic rings. The van der Waals surface area contributed by atoms with Gasteiger partial charge >= 0.3 is 0 Å². The summed E-state index contributed by atoms with van der Waals surface area (Å²) in [6.45, 7) is 3.82. The molecule has 2 atom stereocenters. The number of amides is 2. The van der Waals surface area contributed by atoms with Gasteiger partial charge in [-0.05, 0) is 24.0 Å². The molecule has 0 unspecified atom stereocenters. The number of carbonyl (C=O) groups is 2. The van der Waals surface area contributed by atoms with Crippen molar-refractivity contribution in [1.82, 2.24) is 19.7 Å². The maximum absolute atomic E-state index is 12.5. The van der Waals surface area contributed by atoms with E-state index in [4.69, 9.17) is 0 Å². The molecule has 7 nitrogen and oxygen atoms in total. The SMILES string of the molecule is CC(=O)N1C[C@H]2Cc3nnc(C(=O)Nc4ccccc4)n3C[C@H]2C1. The Balaban J connectivity index is 1.53. The third-order valence-corrected chi connectivity index (χ3v) is 4.95. The van der Waals surface area contributed by atoms with Crippen molar-refractivity contribution < 1.29 is 9.59 Å². The average molecular weight is 325 g/mol. The number of nitrogens with one attached hydrogen (secondary N) is 1. The van der Waals surface area contributed by atoms with Crippen LogP contribution < -0.4 is 5.32 Å². The summed E-state index contributed by atoms with van der Waals surface area (Å²) in [5.74, 6) is 1.81. The van der Waals surface area contributed by atoms with Crippen LogP contribution in [0.4, 0.5) is 5.69 Å². The summed E-state index contributed by atoms with van der Waals surface area (Å²) < 4.78 is 1.91. The molecule has 7 heteroatoms. The number of hydrogen-bond donors (Lipinski definition) is 1. The molecule has 1 saturated heterocycles. The number of fused-ring (bicyclic) bond motifs is 2. The predicted octanol–water partition coefficient (Wildman–Crippen LogP) is 1.18. The Kier molecular flexibility index (Phi) is 3.55. The third-order valence-electron chi connectivity index (χ3n) is 4.95. The van der Waals surface area contributed by atoms with E-state index < -0.39 is 0 Å². The van der Waals surface area contributed by atoms with Crippen LogP contribution in [-0.2, 0) is 17.8 Å². The number of hydrogen-bond acceptors (Lipinski definition) is 4. The van der Waals surface area contributed by atoms with E-state index >= 15 is 0 Å². The zero-order valence-corrected chi connectivity index (χ0v) is 13.5. The van der Waals surface area contributed by atoms with Gasteiger partial charge in [-0.15, -0.1) is 10.2 Å². The van der Waals surface area contributed by atoms with Crippen molar-refractivity contribution >= 4 is 17.5 Å². The highest BCUT2D eigenvalue weighted by Gasteiger charge is 2.39. The minimum absolute atomic E-state index is 0.113. The Morgan fingerprint density at radius 1 is 1.08 bits per heavy atom. The van der Waals surface area contributed by atoms with Crippen molar-refractivity contribution in [1.29, 1.82) is 0 Å². The first kappa shape index (κ1) is 14.9. The van der Waals surface area contributed by atoms with E-state index in [9.17, 15) is 9.59 Å². The van der Waals surface area contributed by atoms with E-state index in [1.807, 2.05) is 39.8 Å². The van der Waals surface area contributed by atoms with Crippen molar-refractivity contribution in [3.8, 4) is 0 Å². The monoisotopic (exact) mass is 325 g/mol. The summed E-state index contributed by atoms with van der Waals surface area (Å²) >= 11 is 0. The summed E-state index contributed by atoms with van der Waals surface area (Å²) in [6.07, 6.45) is 0.764. The molecule has 24 heavy (non-hydrogen) atoms. The average Bonchev–Trinajstić information content (AvgIpc) is 3.16.